The highest BCUT2D eigenvalue weighted by atomic mass is 16.2. The van der Waals surface area contributed by atoms with E-state index in [2.05, 4.69) is 44.8 Å². The topological polar surface area (TPSA) is 79.3 Å². The lowest BCUT2D eigenvalue weighted by molar-refractivity contribution is -0.134. The predicted molar refractivity (Wildman–Crippen MR) is 116 cm³/mol. The van der Waals surface area contributed by atoms with E-state index in [-0.39, 0.29) is 18.2 Å². The van der Waals surface area contributed by atoms with Gasteiger partial charge in [0.2, 0.25) is 11.8 Å². The van der Waals surface area contributed by atoms with Crippen molar-refractivity contribution in [3.63, 3.8) is 0 Å². The molecule has 1 unspecified atom stereocenters. The lowest BCUT2D eigenvalue weighted by Crippen LogP contribution is -2.56. The van der Waals surface area contributed by atoms with Crippen LogP contribution < -0.4 is 10.6 Å². The highest BCUT2D eigenvalue weighted by molar-refractivity contribution is 5.89. The van der Waals surface area contributed by atoms with Crippen LogP contribution in [0.2, 0.25) is 0 Å². The van der Waals surface area contributed by atoms with Crippen LogP contribution in [0, 0.1) is 0 Å². The van der Waals surface area contributed by atoms with Gasteiger partial charge in [-0.1, -0.05) is 42.5 Å². The van der Waals surface area contributed by atoms with Crippen LogP contribution in [0.25, 0.3) is 10.8 Å². The molecule has 2 N–H and O–H groups in total. The summed E-state index contributed by atoms with van der Waals surface area (Å²) in [4.78, 5) is 31.6. The Morgan fingerprint density at radius 1 is 1.23 bits per heavy atom. The van der Waals surface area contributed by atoms with Gasteiger partial charge in [-0.25, -0.2) is 4.98 Å². The van der Waals surface area contributed by atoms with Crippen LogP contribution >= 0.6 is 0 Å². The van der Waals surface area contributed by atoms with E-state index < -0.39 is 6.04 Å². The first kappa shape index (κ1) is 20.1. The number of hydrogen-bond donors (Lipinski definition) is 2. The van der Waals surface area contributed by atoms with Crippen LogP contribution in [0.1, 0.15) is 24.7 Å². The molecular formula is C23H27N5O2. The minimum Gasteiger partial charge on any atom is -0.353 e. The third-order valence-corrected chi connectivity index (χ3v) is 5.66. The molecule has 1 saturated heterocycles. The number of fused-ring (bicyclic) bond motifs is 1. The molecule has 0 radical (unpaired) electrons. The number of carbonyl (C=O) groups excluding carboxylic acids is 2. The molecule has 7 heteroatoms. The number of carbonyl (C=O) groups is 2. The molecule has 1 aromatic heterocycles. The van der Waals surface area contributed by atoms with Crippen molar-refractivity contribution in [3.8, 4) is 0 Å². The van der Waals surface area contributed by atoms with Gasteiger partial charge >= 0.3 is 0 Å². The zero-order valence-electron chi connectivity index (χ0n) is 17.2. The molecule has 156 valence electrons. The first-order chi connectivity index (χ1) is 14.7. The lowest BCUT2D eigenvalue weighted by atomic mass is 10.0. The zero-order chi connectivity index (χ0) is 20.9. The van der Waals surface area contributed by atoms with E-state index in [0.717, 1.165) is 17.9 Å². The predicted octanol–water partition coefficient (Wildman–Crippen LogP) is 2.06. The average molecular weight is 406 g/mol. The highest BCUT2D eigenvalue weighted by Gasteiger charge is 2.31. The zero-order valence-corrected chi connectivity index (χ0v) is 17.2. The summed E-state index contributed by atoms with van der Waals surface area (Å²) >= 11 is 0. The van der Waals surface area contributed by atoms with Crippen molar-refractivity contribution in [1.29, 1.82) is 0 Å². The van der Waals surface area contributed by atoms with E-state index in [0.29, 0.717) is 26.2 Å². The van der Waals surface area contributed by atoms with Crippen molar-refractivity contribution >= 4 is 22.6 Å². The molecular weight excluding hydrogens is 378 g/mol. The van der Waals surface area contributed by atoms with E-state index in [1.54, 1.807) is 6.20 Å². The number of hydrogen-bond acceptors (Lipinski definition) is 4. The summed E-state index contributed by atoms with van der Waals surface area (Å²) in [5.41, 5.74) is 1.16. The summed E-state index contributed by atoms with van der Waals surface area (Å²) in [7, 11) is 0. The Morgan fingerprint density at radius 2 is 2.07 bits per heavy atom. The summed E-state index contributed by atoms with van der Waals surface area (Å²) in [5, 5.41) is 8.17. The number of aryl methyl sites for hydroxylation is 1. The number of aromatic nitrogens is 2. The van der Waals surface area contributed by atoms with Crippen molar-refractivity contribution in [2.75, 3.05) is 13.1 Å². The van der Waals surface area contributed by atoms with Gasteiger partial charge in [0, 0.05) is 38.6 Å². The molecule has 1 atom stereocenters. The summed E-state index contributed by atoms with van der Waals surface area (Å²) in [6, 6.07) is 14.0. The number of rotatable bonds is 7. The van der Waals surface area contributed by atoms with Gasteiger partial charge in [0.05, 0.1) is 19.0 Å². The number of nitrogens with zero attached hydrogens (tertiary/aromatic N) is 3. The summed E-state index contributed by atoms with van der Waals surface area (Å²) < 4.78 is 1.99. The van der Waals surface area contributed by atoms with Crippen molar-refractivity contribution in [1.82, 2.24) is 25.1 Å². The standard InChI is InChI=1S/C23H27N5O2/c1-2-27-12-10-24-21(27)15-26-22(29)14-20-23(30)25-11-13-28(20)16-18-8-5-7-17-6-3-4-9-19(17)18/h3-10,12,20H,2,11,13-16H2,1H3,(H,25,30)(H,26,29). The molecule has 30 heavy (non-hydrogen) atoms. The Kier molecular flexibility index (Phi) is 6.09. The van der Waals surface area contributed by atoms with Gasteiger partial charge in [-0.15, -0.1) is 0 Å². The fourth-order valence-electron chi connectivity index (χ4n) is 4.04. The fraction of sp³-hybridized carbons (Fsp3) is 0.348. The van der Waals surface area contributed by atoms with E-state index >= 15 is 0 Å². The molecule has 2 amide bonds. The Bertz CT molecular complexity index is 1040. The van der Waals surface area contributed by atoms with E-state index in [1.165, 1.54) is 10.8 Å². The number of amides is 2. The molecule has 0 saturated carbocycles. The lowest BCUT2D eigenvalue weighted by Gasteiger charge is -2.35. The normalized spacial score (nSPS) is 17.1. The van der Waals surface area contributed by atoms with Crippen LogP contribution in [-0.4, -0.2) is 45.4 Å². The maximum atomic E-state index is 12.6. The molecule has 7 nitrogen and oxygen atoms in total. The second kappa shape index (κ2) is 9.09. The summed E-state index contributed by atoms with van der Waals surface area (Å²) in [5.74, 6) is 0.573. The number of imidazole rings is 1. The molecule has 1 aliphatic rings. The van der Waals surface area contributed by atoms with Crippen molar-refractivity contribution in [3.05, 3.63) is 66.2 Å². The molecule has 0 aliphatic carbocycles. The molecule has 1 aliphatic heterocycles. The Balaban J connectivity index is 1.45. The van der Waals surface area contributed by atoms with Gasteiger partial charge in [-0.05, 0) is 23.3 Å². The molecule has 1 fully saturated rings. The van der Waals surface area contributed by atoms with Crippen molar-refractivity contribution in [2.24, 2.45) is 0 Å². The van der Waals surface area contributed by atoms with Gasteiger partial charge in [0.1, 0.15) is 5.82 Å². The third-order valence-electron chi connectivity index (χ3n) is 5.66. The largest absolute Gasteiger partial charge is 0.353 e. The maximum Gasteiger partial charge on any atom is 0.237 e. The molecule has 2 aromatic carbocycles. The SMILES string of the molecule is CCn1ccnc1CNC(=O)CC1C(=O)NCCN1Cc1cccc2ccccc12. The highest BCUT2D eigenvalue weighted by Crippen LogP contribution is 2.22. The molecule has 0 spiro atoms. The number of nitrogens with one attached hydrogen (secondary N) is 2. The quantitative estimate of drug-likeness (QED) is 0.631. The fourth-order valence-corrected chi connectivity index (χ4v) is 4.04. The van der Waals surface area contributed by atoms with E-state index in [4.69, 9.17) is 0 Å². The molecule has 0 bridgehead atoms. The van der Waals surface area contributed by atoms with Crippen LogP contribution in [0.3, 0.4) is 0 Å². The Hall–Kier alpha value is -3.19. The van der Waals surface area contributed by atoms with E-state index in [9.17, 15) is 9.59 Å². The smallest absolute Gasteiger partial charge is 0.237 e. The minimum absolute atomic E-state index is 0.0910. The Morgan fingerprint density at radius 3 is 2.93 bits per heavy atom. The van der Waals surface area contributed by atoms with Crippen molar-refractivity contribution < 1.29 is 9.59 Å². The third kappa shape index (κ3) is 4.36. The first-order valence-corrected chi connectivity index (χ1v) is 10.4. The second-order valence-electron chi connectivity index (χ2n) is 7.53. The van der Waals surface area contributed by atoms with Gasteiger partial charge < -0.3 is 15.2 Å². The summed E-state index contributed by atoms with van der Waals surface area (Å²) in [6.07, 6.45) is 3.75. The van der Waals surface area contributed by atoms with Gasteiger partial charge in [-0.3, -0.25) is 14.5 Å². The summed E-state index contributed by atoms with van der Waals surface area (Å²) in [6.45, 7) is 5.13. The van der Waals surface area contributed by atoms with E-state index in [1.807, 2.05) is 35.9 Å². The average Bonchev–Trinajstić information content (AvgIpc) is 3.22. The Labute approximate surface area is 176 Å². The first-order valence-electron chi connectivity index (χ1n) is 10.4. The van der Waals surface area contributed by atoms with Gasteiger partial charge in [-0.2, -0.15) is 0 Å². The molecule has 3 aromatic rings. The number of benzene rings is 2. The van der Waals surface area contributed by atoms with Crippen LogP contribution in [-0.2, 0) is 29.2 Å². The second-order valence-corrected chi connectivity index (χ2v) is 7.53. The van der Waals surface area contributed by atoms with Gasteiger partial charge in [0.15, 0.2) is 0 Å². The number of piperazine rings is 1. The van der Waals surface area contributed by atoms with Crippen molar-refractivity contribution in [2.45, 2.75) is 39.0 Å². The monoisotopic (exact) mass is 405 g/mol. The molecule has 4 rings (SSSR count). The van der Waals surface area contributed by atoms with Crippen LogP contribution in [0.15, 0.2) is 54.9 Å². The van der Waals surface area contributed by atoms with Crippen LogP contribution in [0.5, 0.6) is 0 Å². The van der Waals surface area contributed by atoms with Crippen LogP contribution in [0.4, 0.5) is 0 Å². The molecule has 2 heterocycles. The van der Waals surface area contributed by atoms with Gasteiger partial charge in [0.25, 0.3) is 0 Å². The minimum atomic E-state index is -0.483. The maximum absolute atomic E-state index is 12.6.